The molecule has 1 aromatic rings. The summed E-state index contributed by atoms with van der Waals surface area (Å²) in [6, 6.07) is 0. The highest BCUT2D eigenvalue weighted by atomic mass is 16.2. The normalized spacial score (nSPS) is 23.2. The molecule has 1 amide bonds. The number of likely N-dealkylation sites (tertiary alicyclic amines) is 1. The number of aromatic nitrogens is 2. The number of H-pyrrole nitrogens is 1. The lowest BCUT2D eigenvalue weighted by Gasteiger charge is -2.36. The summed E-state index contributed by atoms with van der Waals surface area (Å²) in [7, 11) is 0. The van der Waals surface area contributed by atoms with E-state index in [1.54, 1.807) is 12.5 Å². The summed E-state index contributed by atoms with van der Waals surface area (Å²) >= 11 is 0. The second kappa shape index (κ2) is 4.20. The van der Waals surface area contributed by atoms with Crippen molar-refractivity contribution in [3.63, 3.8) is 0 Å². The first-order valence-corrected chi connectivity index (χ1v) is 6.03. The highest BCUT2D eigenvalue weighted by Crippen LogP contribution is 2.33. The van der Waals surface area contributed by atoms with E-state index < -0.39 is 0 Å². The van der Waals surface area contributed by atoms with Gasteiger partial charge in [-0.05, 0) is 25.3 Å². The quantitative estimate of drug-likeness (QED) is 0.801. The Hall–Kier alpha value is -1.84. The molecular formula is C13H15N3O. The van der Waals surface area contributed by atoms with E-state index in [2.05, 4.69) is 22.1 Å². The zero-order valence-electron chi connectivity index (χ0n) is 9.60. The maximum Gasteiger partial charge on any atom is 0.276 e. The van der Waals surface area contributed by atoms with E-state index >= 15 is 0 Å². The lowest BCUT2D eigenvalue weighted by atomic mass is 9.88. The van der Waals surface area contributed by atoms with E-state index in [0.29, 0.717) is 11.6 Å². The van der Waals surface area contributed by atoms with Crippen LogP contribution in [-0.4, -0.2) is 27.3 Å². The van der Waals surface area contributed by atoms with Gasteiger partial charge < -0.3 is 9.88 Å². The molecule has 1 unspecified atom stereocenters. The van der Waals surface area contributed by atoms with Crippen molar-refractivity contribution in [3.8, 4) is 0 Å². The standard InChI is InChI=1S/C13H15N3O/c17-13(11-8-14-9-15-11)16-7-3-5-10-4-1-2-6-12(10)16/h1-2,6,8-10H,3-5,7H2,(H,14,15). The predicted molar refractivity (Wildman–Crippen MR) is 64.2 cm³/mol. The fourth-order valence-electron chi connectivity index (χ4n) is 2.60. The minimum absolute atomic E-state index is 0.0359. The number of carbonyl (C=O) groups excluding carboxylic acids is 1. The Morgan fingerprint density at radius 3 is 3.29 bits per heavy atom. The van der Waals surface area contributed by atoms with Gasteiger partial charge in [0.1, 0.15) is 5.69 Å². The maximum absolute atomic E-state index is 12.3. The lowest BCUT2D eigenvalue weighted by molar-refractivity contribution is 0.0752. The monoisotopic (exact) mass is 229 g/mol. The fourth-order valence-corrected chi connectivity index (χ4v) is 2.60. The molecule has 0 spiro atoms. The van der Waals surface area contributed by atoms with Crippen molar-refractivity contribution in [2.24, 2.45) is 5.92 Å². The van der Waals surface area contributed by atoms with Gasteiger partial charge in [-0.2, -0.15) is 0 Å². The molecule has 1 saturated heterocycles. The van der Waals surface area contributed by atoms with Gasteiger partial charge in [0.15, 0.2) is 0 Å². The maximum atomic E-state index is 12.3. The average molecular weight is 229 g/mol. The number of imidazole rings is 1. The zero-order valence-corrected chi connectivity index (χ0v) is 9.60. The van der Waals surface area contributed by atoms with Gasteiger partial charge in [-0.25, -0.2) is 4.98 Å². The molecular weight excluding hydrogens is 214 g/mol. The van der Waals surface area contributed by atoms with Crippen molar-refractivity contribution >= 4 is 5.91 Å². The average Bonchev–Trinajstić information content (AvgIpc) is 2.91. The number of fused-ring (bicyclic) bond motifs is 1. The zero-order chi connectivity index (χ0) is 11.7. The summed E-state index contributed by atoms with van der Waals surface area (Å²) in [4.78, 5) is 21.0. The Kier molecular flexibility index (Phi) is 2.55. The first kappa shape index (κ1) is 10.3. The van der Waals surface area contributed by atoms with Crippen molar-refractivity contribution < 1.29 is 4.79 Å². The van der Waals surface area contributed by atoms with Crippen molar-refractivity contribution in [2.45, 2.75) is 19.3 Å². The van der Waals surface area contributed by atoms with Crippen LogP contribution in [0.2, 0.25) is 0 Å². The third-order valence-corrected chi connectivity index (χ3v) is 3.46. The van der Waals surface area contributed by atoms with Crippen LogP contribution in [0.1, 0.15) is 29.8 Å². The van der Waals surface area contributed by atoms with Gasteiger partial charge in [0.2, 0.25) is 0 Å². The third kappa shape index (κ3) is 1.79. The Bertz CT molecular complexity index is 473. The van der Waals surface area contributed by atoms with Crippen LogP contribution in [0.4, 0.5) is 0 Å². The van der Waals surface area contributed by atoms with Crippen molar-refractivity contribution in [2.75, 3.05) is 6.54 Å². The van der Waals surface area contributed by atoms with Crippen LogP contribution in [0.3, 0.4) is 0 Å². The topological polar surface area (TPSA) is 49.0 Å². The van der Waals surface area contributed by atoms with Crippen LogP contribution in [0.25, 0.3) is 0 Å². The van der Waals surface area contributed by atoms with Gasteiger partial charge >= 0.3 is 0 Å². The SMILES string of the molecule is O=C(c1cnc[nH]1)N1CCCC2CC=CC=C21. The number of hydrogen-bond acceptors (Lipinski definition) is 2. The summed E-state index contributed by atoms with van der Waals surface area (Å²) in [5.41, 5.74) is 1.74. The molecule has 88 valence electrons. The molecule has 17 heavy (non-hydrogen) atoms. The number of hydrogen-bond donors (Lipinski definition) is 1. The van der Waals surface area contributed by atoms with Crippen LogP contribution in [0, 0.1) is 5.92 Å². The third-order valence-electron chi connectivity index (χ3n) is 3.46. The molecule has 4 nitrogen and oxygen atoms in total. The van der Waals surface area contributed by atoms with Crippen molar-refractivity contribution in [1.82, 2.24) is 14.9 Å². The van der Waals surface area contributed by atoms with E-state index in [1.807, 2.05) is 11.0 Å². The number of aromatic amines is 1. The second-order valence-corrected chi connectivity index (χ2v) is 4.52. The molecule has 1 aromatic heterocycles. The summed E-state index contributed by atoms with van der Waals surface area (Å²) < 4.78 is 0. The number of rotatable bonds is 1. The van der Waals surface area contributed by atoms with Gasteiger partial charge in [-0.15, -0.1) is 0 Å². The van der Waals surface area contributed by atoms with Crippen LogP contribution in [0.5, 0.6) is 0 Å². The highest BCUT2D eigenvalue weighted by molar-refractivity contribution is 5.93. The molecule has 0 bridgehead atoms. The Labute approximate surface area is 100 Å². The molecule has 0 aromatic carbocycles. The number of piperidine rings is 1. The molecule has 1 atom stereocenters. The summed E-state index contributed by atoms with van der Waals surface area (Å²) in [6.07, 6.45) is 12.7. The van der Waals surface area contributed by atoms with E-state index in [-0.39, 0.29) is 5.91 Å². The van der Waals surface area contributed by atoms with E-state index in [9.17, 15) is 4.79 Å². The van der Waals surface area contributed by atoms with Gasteiger partial charge in [0.05, 0.1) is 12.5 Å². The van der Waals surface area contributed by atoms with E-state index in [1.165, 1.54) is 12.1 Å². The summed E-state index contributed by atoms with van der Waals surface area (Å²) in [5, 5.41) is 0. The van der Waals surface area contributed by atoms with Crippen molar-refractivity contribution in [3.05, 3.63) is 42.1 Å². The number of nitrogens with one attached hydrogen (secondary N) is 1. The highest BCUT2D eigenvalue weighted by Gasteiger charge is 2.30. The largest absolute Gasteiger partial charge is 0.341 e. The Balaban J connectivity index is 1.89. The Morgan fingerprint density at radius 2 is 2.47 bits per heavy atom. The van der Waals surface area contributed by atoms with Gasteiger partial charge in [0.25, 0.3) is 5.91 Å². The number of allylic oxidation sites excluding steroid dienone is 4. The van der Waals surface area contributed by atoms with Crippen molar-refractivity contribution in [1.29, 1.82) is 0 Å². The van der Waals surface area contributed by atoms with E-state index in [4.69, 9.17) is 0 Å². The van der Waals surface area contributed by atoms with Crippen LogP contribution >= 0.6 is 0 Å². The molecule has 3 rings (SSSR count). The fraction of sp³-hybridized carbons (Fsp3) is 0.385. The van der Waals surface area contributed by atoms with Crippen LogP contribution in [0.15, 0.2) is 36.4 Å². The van der Waals surface area contributed by atoms with Crippen LogP contribution in [-0.2, 0) is 0 Å². The minimum atomic E-state index is 0.0359. The molecule has 1 N–H and O–H groups in total. The molecule has 2 aliphatic rings. The molecule has 4 heteroatoms. The molecule has 2 heterocycles. The number of amides is 1. The summed E-state index contributed by atoms with van der Waals surface area (Å²) in [5.74, 6) is 0.550. The Morgan fingerprint density at radius 1 is 1.53 bits per heavy atom. The number of carbonyl (C=O) groups is 1. The first-order valence-electron chi connectivity index (χ1n) is 6.03. The first-order chi connectivity index (χ1) is 8.36. The lowest BCUT2D eigenvalue weighted by Crippen LogP contribution is -2.38. The summed E-state index contributed by atoms with van der Waals surface area (Å²) in [6.45, 7) is 0.814. The molecule has 1 aliphatic carbocycles. The van der Waals surface area contributed by atoms with Gasteiger partial charge in [-0.1, -0.05) is 12.2 Å². The predicted octanol–water partition coefficient (Wildman–Crippen LogP) is 2.11. The minimum Gasteiger partial charge on any atom is -0.341 e. The number of nitrogens with zero attached hydrogens (tertiary/aromatic N) is 2. The smallest absolute Gasteiger partial charge is 0.276 e. The van der Waals surface area contributed by atoms with Gasteiger partial charge in [0, 0.05) is 18.2 Å². The van der Waals surface area contributed by atoms with Crippen LogP contribution < -0.4 is 0 Å². The second-order valence-electron chi connectivity index (χ2n) is 4.52. The van der Waals surface area contributed by atoms with E-state index in [0.717, 1.165) is 19.4 Å². The molecule has 0 radical (unpaired) electrons. The van der Waals surface area contributed by atoms with Gasteiger partial charge in [-0.3, -0.25) is 4.79 Å². The molecule has 0 saturated carbocycles. The molecule has 1 aliphatic heterocycles. The molecule has 1 fully saturated rings.